The molecule has 2 aromatic rings. The summed E-state index contributed by atoms with van der Waals surface area (Å²) in [5.74, 6) is 0. The van der Waals surface area contributed by atoms with Crippen molar-refractivity contribution in [3.8, 4) is 0 Å². The van der Waals surface area contributed by atoms with E-state index in [-0.39, 0.29) is 5.69 Å². The first-order valence-electron chi connectivity index (χ1n) is 8.20. The Morgan fingerprint density at radius 2 is 1.88 bits per heavy atom. The molecule has 0 amide bonds. The summed E-state index contributed by atoms with van der Waals surface area (Å²) in [5.41, 5.74) is 2.27. The Hall–Kier alpha value is -2.38. The van der Waals surface area contributed by atoms with Crippen LogP contribution in [0.4, 0.5) is 22.7 Å². The highest BCUT2D eigenvalue weighted by Gasteiger charge is 2.11. The van der Waals surface area contributed by atoms with Gasteiger partial charge in [-0.2, -0.15) is 0 Å². The van der Waals surface area contributed by atoms with Crippen molar-refractivity contribution in [1.82, 2.24) is 0 Å². The van der Waals surface area contributed by atoms with E-state index in [1.165, 1.54) is 18.2 Å². The third-order valence-electron chi connectivity index (χ3n) is 3.83. The van der Waals surface area contributed by atoms with Gasteiger partial charge in [-0.3, -0.25) is 10.1 Å². The van der Waals surface area contributed by atoms with Crippen molar-refractivity contribution in [2.24, 2.45) is 0 Å². The molecule has 2 N–H and O–H groups in total. The van der Waals surface area contributed by atoms with Crippen LogP contribution in [0.25, 0.3) is 0 Å². The van der Waals surface area contributed by atoms with Crippen LogP contribution in [0.3, 0.4) is 0 Å². The minimum Gasteiger partial charge on any atom is -0.369 e. The summed E-state index contributed by atoms with van der Waals surface area (Å²) in [6.07, 6.45) is 0. The molecular formula is C18H21ClN4O2S. The highest BCUT2D eigenvalue weighted by atomic mass is 35.5. The lowest BCUT2D eigenvalue weighted by Gasteiger charge is -2.27. The number of anilines is 3. The zero-order valence-corrected chi connectivity index (χ0v) is 16.4. The molecule has 0 bridgehead atoms. The van der Waals surface area contributed by atoms with E-state index in [0.717, 1.165) is 17.9 Å². The quantitative estimate of drug-likeness (QED) is 0.395. The van der Waals surface area contributed by atoms with Gasteiger partial charge in [0, 0.05) is 36.1 Å². The lowest BCUT2D eigenvalue weighted by atomic mass is 10.2. The van der Waals surface area contributed by atoms with E-state index in [4.69, 9.17) is 23.8 Å². The van der Waals surface area contributed by atoms with Gasteiger partial charge in [0.15, 0.2) is 5.11 Å². The monoisotopic (exact) mass is 392 g/mol. The Bertz CT molecular complexity index is 796. The summed E-state index contributed by atoms with van der Waals surface area (Å²) in [4.78, 5) is 12.7. The van der Waals surface area contributed by atoms with Gasteiger partial charge < -0.3 is 15.5 Å². The molecule has 138 valence electrons. The number of non-ortho nitro benzene ring substituents is 1. The van der Waals surface area contributed by atoms with Gasteiger partial charge in [-0.25, -0.2) is 0 Å². The fourth-order valence-corrected chi connectivity index (χ4v) is 2.98. The smallest absolute Gasteiger partial charge is 0.271 e. The van der Waals surface area contributed by atoms with Crippen LogP contribution >= 0.6 is 23.8 Å². The van der Waals surface area contributed by atoms with Crippen LogP contribution in [-0.2, 0) is 0 Å². The van der Waals surface area contributed by atoms with Gasteiger partial charge in [0.05, 0.1) is 15.6 Å². The van der Waals surface area contributed by atoms with E-state index in [2.05, 4.69) is 36.3 Å². The van der Waals surface area contributed by atoms with Gasteiger partial charge in [-0.15, -0.1) is 0 Å². The molecule has 0 aliphatic rings. The molecule has 0 spiro atoms. The summed E-state index contributed by atoms with van der Waals surface area (Å²) < 4.78 is 0. The van der Waals surface area contributed by atoms with Gasteiger partial charge >= 0.3 is 0 Å². The summed E-state index contributed by atoms with van der Waals surface area (Å²) >= 11 is 11.3. The number of nitrogens with zero attached hydrogens (tertiary/aromatic N) is 2. The second-order valence-electron chi connectivity index (χ2n) is 5.93. The Balaban J connectivity index is 2.06. The molecule has 0 unspecified atom stereocenters. The molecule has 0 radical (unpaired) electrons. The summed E-state index contributed by atoms with van der Waals surface area (Å²) in [6.45, 7) is 7.35. The standard InChI is InChI=1S/C18H21ClN4O2S/c1-4-22(12(2)3)14-7-5-13(6-8-14)20-18(26)21-17-11-15(23(24)25)9-10-16(17)19/h5-12H,4H2,1-3H3,(H2,20,21,26). The molecule has 2 aromatic carbocycles. The zero-order chi connectivity index (χ0) is 19.3. The van der Waals surface area contributed by atoms with Gasteiger partial charge in [0.2, 0.25) is 0 Å². The molecule has 0 aromatic heterocycles. The first-order chi connectivity index (χ1) is 12.3. The predicted octanol–water partition coefficient (Wildman–Crippen LogP) is 5.29. The number of hydrogen-bond acceptors (Lipinski definition) is 4. The second kappa shape index (κ2) is 8.82. The van der Waals surface area contributed by atoms with Gasteiger partial charge in [-0.05, 0) is 63.3 Å². The van der Waals surface area contributed by atoms with Crippen molar-refractivity contribution in [1.29, 1.82) is 0 Å². The van der Waals surface area contributed by atoms with Crippen LogP contribution in [0.2, 0.25) is 5.02 Å². The topological polar surface area (TPSA) is 70.4 Å². The molecule has 0 saturated carbocycles. The Labute approximate surface area is 163 Å². The van der Waals surface area contributed by atoms with Crippen molar-refractivity contribution in [2.75, 3.05) is 22.1 Å². The summed E-state index contributed by atoms with van der Waals surface area (Å²) in [7, 11) is 0. The van der Waals surface area contributed by atoms with Gasteiger partial charge in [0.1, 0.15) is 0 Å². The fourth-order valence-electron chi connectivity index (χ4n) is 2.59. The van der Waals surface area contributed by atoms with Crippen molar-refractivity contribution in [3.63, 3.8) is 0 Å². The van der Waals surface area contributed by atoms with Crippen LogP contribution < -0.4 is 15.5 Å². The van der Waals surface area contributed by atoms with E-state index in [1.54, 1.807) is 0 Å². The third-order valence-corrected chi connectivity index (χ3v) is 4.36. The number of rotatable bonds is 6. The third kappa shape index (κ3) is 5.06. The highest BCUT2D eigenvalue weighted by molar-refractivity contribution is 7.80. The number of thiocarbonyl (C=S) groups is 1. The maximum absolute atomic E-state index is 10.9. The second-order valence-corrected chi connectivity index (χ2v) is 6.74. The number of hydrogen-bond donors (Lipinski definition) is 2. The van der Waals surface area contributed by atoms with Crippen molar-refractivity contribution >= 4 is 51.7 Å². The summed E-state index contributed by atoms with van der Waals surface area (Å²) in [5, 5.41) is 17.5. The van der Waals surface area contributed by atoms with E-state index in [9.17, 15) is 10.1 Å². The molecule has 6 nitrogen and oxygen atoms in total. The van der Waals surface area contributed by atoms with Gasteiger partial charge in [-0.1, -0.05) is 11.6 Å². The molecular weight excluding hydrogens is 372 g/mol. The van der Waals surface area contributed by atoms with Crippen molar-refractivity contribution in [2.45, 2.75) is 26.8 Å². The molecule has 0 aliphatic heterocycles. The number of nitrogens with one attached hydrogen (secondary N) is 2. The minimum atomic E-state index is -0.481. The lowest BCUT2D eigenvalue weighted by Crippen LogP contribution is -2.30. The summed E-state index contributed by atoms with van der Waals surface area (Å²) in [6, 6.07) is 12.5. The fraction of sp³-hybridized carbons (Fsp3) is 0.278. The first kappa shape index (κ1) is 19.9. The maximum atomic E-state index is 10.9. The molecule has 0 fully saturated rings. The molecule has 0 aliphatic carbocycles. The number of benzene rings is 2. The van der Waals surface area contributed by atoms with Gasteiger partial charge in [0.25, 0.3) is 5.69 Å². The average molecular weight is 393 g/mol. The number of nitro benzene ring substituents is 1. The van der Waals surface area contributed by atoms with E-state index >= 15 is 0 Å². The highest BCUT2D eigenvalue weighted by Crippen LogP contribution is 2.27. The SMILES string of the molecule is CCN(c1ccc(NC(=S)Nc2cc([N+](=O)[O-])ccc2Cl)cc1)C(C)C. The largest absolute Gasteiger partial charge is 0.369 e. The van der Waals surface area contributed by atoms with Crippen molar-refractivity contribution < 1.29 is 4.92 Å². The van der Waals surface area contributed by atoms with E-state index < -0.39 is 4.92 Å². The molecule has 26 heavy (non-hydrogen) atoms. The molecule has 0 atom stereocenters. The Morgan fingerprint density at radius 1 is 1.23 bits per heavy atom. The molecule has 0 heterocycles. The van der Waals surface area contributed by atoms with Crippen LogP contribution in [0.5, 0.6) is 0 Å². The Morgan fingerprint density at radius 3 is 2.42 bits per heavy atom. The molecule has 8 heteroatoms. The lowest BCUT2D eigenvalue weighted by molar-refractivity contribution is -0.384. The van der Waals surface area contributed by atoms with Crippen LogP contribution in [0.15, 0.2) is 42.5 Å². The Kier molecular flexibility index (Phi) is 6.76. The number of halogens is 1. The normalized spacial score (nSPS) is 10.5. The molecule has 2 rings (SSSR count). The maximum Gasteiger partial charge on any atom is 0.271 e. The predicted molar refractivity (Wildman–Crippen MR) is 113 cm³/mol. The first-order valence-corrected chi connectivity index (χ1v) is 8.99. The van der Waals surface area contributed by atoms with Crippen LogP contribution in [-0.4, -0.2) is 22.6 Å². The van der Waals surface area contributed by atoms with Crippen LogP contribution in [0, 0.1) is 10.1 Å². The van der Waals surface area contributed by atoms with Crippen molar-refractivity contribution in [3.05, 3.63) is 57.6 Å². The van der Waals surface area contributed by atoms with E-state index in [0.29, 0.717) is 21.9 Å². The molecule has 0 saturated heterocycles. The number of nitro groups is 1. The minimum absolute atomic E-state index is 0.0580. The average Bonchev–Trinajstić information content (AvgIpc) is 2.58. The van der Waals surface area contributed by atoms with Crippen LogP contribution in [0.1, 0.15) is 20.8 Å². The van der Waals surface area contributed by atoms with E-state index in [1.807, 2.05) is 24.3 Å². The zero-order valence-electron chi connectivity index (χ0n) is 14.8.